The predicted molar refractivity (Wildman–Crippen MR) is 183 cm³/mol. The van der Waals surface area contributed by atoms with E-state index in [1.165, 1.54) is 11.3 Å². The van der Waals surface area contributed by atoms with E-state index in [1.807, 2.05) is 43.3 Å². The quantitative estimate of drug-likeness (QED) is 0.130. The van der Waals surface area contributed by atoms with E-state index in [4.69, 9.17) is 9.72 Å². The van der Waals surface area contributed by atoms with Crippen LogP contribution < -0.4 is 26.6 Å². The van der Waals surface area contributed by atoms with E-state index in [0.29, 0.717) is 44.7 Å². The van der Waals surface area contributed by atoms with Crippen LogP contribution in [0, 0.1) is 6.92 Å². The van der Waals surface area contributed by atoms with E-state index in [-0.39, 0.29) is 24.4 Å². The van der Waals surface area contributed by atoms with Crippen molar-refractivity contribution < 1.29 is 23.9 Å². The van der Waals surface area contributed by atoms with Crippen LogP contribution in [0.4, 0.5) is 21.3 Å². The second-order valence-electron chi connectivity index (χ2n) is 12.3. The zero-order valence-electron chi connectivity index (χ0n) is 26.7. The van der Waals surface area contributed by atoms with Gasteiger partial charge in [-0.1, -0.05) is 59.9 Å². The van der Waals surface area contributed by atoms with Crippen molar-refractivity contribution in [2.75, 3.05) is 17.2 Å². The molecule has 4 amide bonds. The van der Waals surface area contributed by atoms with Crippen molar-refractivity contribution in [3.8, 4) is 11.3 Å². The number of carbonyl (C=O) groups is 4. The summed E-state index contributed by atoms with van der Waals surface area (Å²) < 4.78 is 5.19. The molecule has 5 rings (SSSR count). The Hall–Kier alpha value is -5.23. The fraction of sp³-hybridized carbons (Fsp3) is 0.286. The molecule has 1 aliphatic carbocycles. The van der Waals surface area contributed by atoms with Crippen LogP contribution in [0.5, 0.6) is 0 Å². The van der Waals surface area contributed by atoms with Crippen molar-refractivity contribution in [3.05, 3.63) is 94.4 Å². The largest absolute Gasteiger partial charge is 0.444 e. The maximum atomic E-state index is 13.6. The maximum Gasteiger partial charge on any atom is 0.408 e. The van der Waals surface area contributed by atoms with Crippen molar-refractivity contribution >= 4 is 51.7 Å². The SMILES string of the molecule is Cc1ccc(C(=O)NC2CC2)cc1Nc1nc(-c2cccc(NC(=O)CNC(=O)OC(C)(C)C)c2)c(C(=O)NCc2ccccc2)s1. The zero-order valence-corrected chi connectivity index (χ0v) is 27.5. The topological polar surface area (TPSA) is 151 Å². The normalized spacial score (nSPS) is 12.5. The Balaban J connectivity index is 1.37. The Morgan fingerprint density at radius 3 is 2.40 bits per heavy atom. The van der Waals surface area contributed by atoms with Crippen molar-refractivity contribution in [1.29, 1.82) is 0 Å². The molecule has 4 aromatic rings. The summed E-state index contributed by atoms with van der Waals surface area (Å²) in [6.07, 6.45) is 1.29. The van der Waals surface area contributed by atoms with Gasteiger partial charge in [0.1, 0.15) is 17.0 Å². The number of anilines is 3. The average Bonchev–Trinajstić information content (AvgIpc) is 3.75. The molecule has 0 saturated heterocycles. The number of benzene rings is 3. The Morgan fingerprint density at radius 2 is 1.68 bits per heavy atom. The lowest BCUT2D eigenvalue weighted by atomic mass is 10.1. The number of amides is 4. The number of rotatable bonds is 11. The minimum absolute atomic E-state index is 0.128. The number of aromatic nitrogens is 1. The fourth-order valence-corrected chi connectivity index (χ4v) is 5.42. The molecular weight excluding hydrogens is 616 g/mol. The summed E-state index contributed by atoms with van der Waals surface area (Å²) >= 11 is 1.19. The minimum Gasteiger partial charge on any atom is -0.444 e. The summed E-state index contributed by atoms with van der Waals surface area (Å²) in [7, 11) is 0. The van der Waals surface area contributed by atoms with E-state index in [1.54, 1.807) is 57.2 Å². The monoisotopic (exact) mass is 654 g/mol. The van der Waals surface area contributed by atoms with Crippen LogP contribution in [0.3, 0.4) is 0 Å². The molecular formula is C35H38N6O5S. The summed E-state index contributed by atoms with van der Waals surface area (Å²) in [5.74, 6) is -0.883. The molecule has 0 unspecified atom stereocenters. The van der Waals surface area contributed by atoms with Gasteiger partial charge in [0.05, 0.1) is 5.69 Å². The smallest absolute Gasteiger partial charge is 0.408 e. The summed E-state index contributed by atoms with van der Waals surface area (Å²) in [5.41, 5.74) is 3.89. The van der Waals surface area contributed by atoms with Gasteiger partial charge in [0.2, 0.25) is 5.91 Å². The Morgan fingerprint density at radius 1 is 0.915 bits per heavy atom. The van der Waals surface area contributed by atoms with Gasteiger partial charge in [-0.25, -0.2) is 9.78 Å². The number of aryl methyl sites for hydroxylation is 1. The highest BCUT2D eigenvalue weighted by Crippen LogP contribution is 2.35. The second kappa shape index (κ2) is 14.5. The van der Waals surface area contributed by atoms with Gasteiger partial charge in [-0.05, 0) is 75.9 Å². The first-order valence-electron chi connectivity index (χ1n) is 15.3. The van der Waals surface area contributed by atoms with Gasteiger partial charge in [-0.2, -0.15) is 0 Å². The van der Waals surface area contributed by atoms with Crippen LogP contribution in [0.15, 0.2) is 72.8 Å². The van der Waals surface area contributed by atoms with Gasteiger partial charge in [0.15, 0.2) is 5.13 Å². The molecule has 1 aromatic heterocycles. The van der Waals surface area contributed by atoms with Crippen molar-refractivity contribution in [1.82, 2.24) is 20.9 Å². The molecule has 1 saturated carbocycles. The van der Waals surface area contributed by atoms with Gasteiger partial charge >= 0.3 is 6.09 Å². The molecule has 1 heterocycles. The number of carbonyl (C=O) groups excluding carboxylic acids is 4. The predicted octanol–water partition coefficient (Wildman–Crippen LogP) is 6.15. The lowest BCUT2D eigenvalue weighted by molar-refractivity contribution is -0.115. The van der Waals surface area contributed by atoms with Crippen LogP contribution in [0.1, 0.15) is 64.8 Å². The first kappa shape index (κ1) is 33.1. The Labute approximate surface area is 277 Å². The minimum atomic E-state index is -0.695. The van der Waals surface area contributed by atoms with Gasteiger partial charge in [-0.15, -0.1) is 0 Å². The summed E-state index contributed by atoms with van der Waals surface area (Å²) in [6.45, 7) is 7.18. The first-order chi connectivity index (χ1) is 22.4. The van der Waals surface area contributed by atoms with Gasteiger partial charge in [0, 0.05) is 35.1 Å². The molecule has 12 heteroatoms. The number of hydrogen-bond acceptors (Lipinski definition) is 8. The highest BCUT2D eigenvalue weighted by molar-refractivity contribution is 7.18. The van der Waals surface area contributed by atoms with Gasteiger partial charge in [-0.3, -0.25) is 14.4 Å². The third-order valence-corrected chi connectivity index (χ3v) is 7.96. The van der Waals surface area contributed by atoms with Crippen molar-refractivity contribution in [2.45, 2.75) is 58.7 Å². The van der Waals surface area contributed by atoms with E-state index in [2.05, 4.69) is 26.6 Å². The second-order valence-corrected chi connectivity index (χ2v) is 13.3. The highest BCUT2D eigenvalue weighted by atomic mass is 32.1. The van der Waals surface area contributed by atoms with Gasteiger partial charge in [0.25, 0.3) is 11.8 Å². The number of thiazole rings is 1. The van der Waals surface area contributed by atoms with Crippen LogP contribution >= 0.6 is 11.3 Å². The third kappa shape index (κ3) is 9.63. The van der Waals surface area contributed by atoms with E-state index < -0.39 is 17.6 Å². The molecule has 11 nitrogen and oxygen atoms in total. The number of hydrogen-bond donors (Lipinski definition) is 5. The molecule has 0 spiro atoms. The molecule has 0 bridgehead atoms. The van der Waals surface area contributed by atoms with Crippen LogP contribution in [0.2, 0.25) is 0 Å². The van der Waals surface area contributed by atoms with Crippen molar-refractivity contribution in [2.24, 2.45) is 0 Å². The standard InChI is InChI=1S/C35H38N6O5S/c1-21-13-14-24(31(43)39-25-15-16-25)18-27(21)40-33-41-29(30(47-33)32(44)36-19-22-9-6-5-7-10-22)23-11-8-12-26(17-23)38-28(42)20-37-34(45)46-35(2,3)4/h5-14,17-18,25H,15-16,19-20H2,1-4H3,(H,36,44)(H,37,45)(H,38,42)(H,39,43)(H,40,41). The fourth-order valence-electron chi connectivity index (χ4n) is 4.51. The van der Waals surface area contributed by atoms with E-state index in [9.17, 15) is 19.2 Å². The zero-order chi connectivity index (χ0) is 33.6. The summed E-state index contributed by atoms with van der Waals surface area (Å²) in [6, 6.07) is 22.2. The molecule has 0 radical (unpaired) electrons. The number of nitrogens with zero attached hydrogens (tertiary/aromatic N) is 1. The molecule has 244 valence electrons. The number of nitrogens with one attached hydrogen (secondary N) is 5. The van der Waals surface area contributed by atoms with Gasteiger partial charge < -0.3 is 31.3 Å². The molecule has 1 fully saturated rings. The first-order valence-corrected chi connectivity index (χ1v) is 16.1. The van der Waals surface area contributed by atoms with E-state index in [0.717, 1.165) is 24.0 Å². The molecule has 3 aromatic carbocycles. The molecule has 0 atom stereocenters. The lowest BCUT2D eigenvalue weighted by Crippen LogP contribution is -2.37. The van der Waals surface area contributed by atoms with Crippen LogP contribution in [0.25, 0.3) is 11.3 Å². The van der Waals surface area contributed by atoms with Crippen molar-refractivity contribution in [3.63, 3.8) is 0 Å². The lowest BCUT2D eigenvalue weighted by Gasteiger charge is -2.19. The molecule has 1 aliphatic rings. The number of alkyl carbamates (subject to hydrolysis) is 1. The summed E-state index contributed by atoms with van der Waals surface area (Å²) in [5, 5.41) is 15.0. The molecule has 0 aliphatic heterocycles. The maximum absolute atomic E-state index is 13.6. The average molecular weight is 655 g/mol. The molecule has 47 heavy (non-hydrogen) atoms. The van der Waals surface area contributed by atoms with Crippen LogP contribution in [-0.2, 0) is 16.1 Å². The summed E-state index contributed by atoms with van der Waals surface area (Å²) in [4.78, 5) is 56.0. The Bertz CT molecular complexity index is 1780. The number of ether oxygens (including phenoxy) is 1. The highest BCUT2D eigenvalue weighted by Gasteiger charge is 2.25. The van der Waals surface area contributed by atoms with E-state index >= 15 is 0 Å². The Kier molecular flexibility index (Phi) is 10.2. The molecule has 5 N–H and O–H groups in total. The van der Waals surface area contributed by atoms with Crippen LogP contribution in [-0.4, -0.2) is 47.0 Å². The third-order valence-electron chi connectivity index (χ3n) is 7.00.